The van der Waals surface area contributed by atoms with E-state index in [0.29, 0.717) is 23.4 Å². The van der Waals surface area contributed by atoms with Crippen molar-refractivity contribution in [1.82, 2.24) is 9.97 Å². The Morgan fingerprint density at radius 3 is 2.67 bits per heavy atom. The minimum Gasteiger partial charge on any atom is -0.476 e. The zero-order valence-electron chi connectivity index (χ0n) is 16.3. The van der Waals surface area contributed by atoms with Crippen LogP contribution >= 0.6 is 11.6 Å². The zero-order valence-corrected chi connectivity index (χ0v) is 17.0. The molecule has 2 N–H and O–H groups in total. The molecule has 0 bridgehead atoms. The Morgan fingerprint density at radius 2 is 1.96 bits per heavy atom. The number of pyridine rings is 2. The smallest absolute Gasteiger partial charge is 0.216 e. The SMILES string of the molecule is Cc1cc(-c2ccnc3ccc(Cl)cc23)cnc1OCC(C)(N)CC(C)C. The largest absolute Gasteiger partial charge is 0.476 e. The highest BCUT2D eigenvalue weighted by molar-refractivity contribution is 6.31. The molecule has 0 saturated heterocycles. The van der Waals surface area contributed by atoms with E-state index in [1.807, 2.05) is 44.3 Å². The van der Waals surface area contributed by atoms with Crippen molar-refractivity contribution >= 4 is 22.5 Å². The summed E-state index contributed by atoms with van der Waals surface area (Å²) in [6, 6.07) is 9.77. The summed E-state index contributed by atoms with van der Waals surface area (Å²) >= 11 is 6.18. The highest BCUT2D eigenvalue weighted by Crippen LogP contribution is 2.31. The van der Waals surface area contributed by atoms with E-state index in [9.17, 15) is 0 Å². The molecule has 3 rings (SSSR count). The van der Waals surface area contributed by atoms with Gasteiger partial charge < -0.3 is 10.5 Å². The van der Waals surface area contributed by atoms with Crippen molar-refractivity contribution in [1.29, 1.82) is 0 Å². The fraction of sp³-hybridized carbons (Fsp3) is 0.364. The summed E-state index contributed by atoms with van der Waals surface area (Å²) in [5.74, 6) is 1.14. The van der Waals surface area contributed by atoms with Gasteiger partial charge in [0.05, 0.1) is 5.52 Å². The predicted octanol–water partition coefficient (Wildman–Crippen LogP) is 5.40. The fourth-order valence-corrected chi connectivity index (χ4v) is 3.63. The highest BCUT2D eigenvalue weighted by atomic mass is 35.5. The molecular weight excluding hydrogens is 358 g/mol. The first-order valence-corrected chi connectivity index (χ1v) is 9.56. The summed E-state index contributed by atoms with van der Waals surface area (Å²) in [6.07, 6.45) is 4.53. The first-order valence-electron chi connectivity index (χ1n) is 9.18. The van der Waals surface area contributed by atoms with Gasteiger partial charge in [0.15, 0.2) is 0 Å². The lowest BCUT2D eigenvalue weighted by Gasteiger charge is -2.26. The lowest BCUT2D eigenvalue weighted by Crippen LogP contribution is -2.43. The molecule has 0 aliphatic heterocycles. The van der Waals surface area contributed by atoms with E-state index in [0.717, 1.165) is 34.0 Å². The molecular formula is C22H26ClN3O. The Morgan fingerprint density at radius 1 is 1.19 bits per heavy atom. The number of hydrogen-bond donors (Lipinski definition) is 1. The Hall–Kier alpha value is -2.17. The lowest BCUT2D eigenvalue weighted by atomic mass is 9.93. The molecule has 142 valence electrons. The second-order valence-corrected chi connectivity index (χ2v) is 8.34. The average Bonchev–Trinajstić information content (AvgIpc) is 2.59. The van der Waals surface area contributed by atoms with Gasteiger partial charge in [0.1, 0.15) is 6.61 Å². The third kappa shape index (κ3) is 4.76. The Bertz CT molecular complexity index is 953. The molecule has 5 heteroatoms. The number of halogens is 1. The summed E-state index contributed by atoms with van der Waals surface area (Å²) in [7, 11) is 0. The van der Waals surface area contributed by atoms with E-state index in [-0.39, 0.29) is 5.54 Å². The van der Waals surface area contributed by atoms with E-state index in [2.05, 4.69) is 29.9 Å². The summed E-state index contributed by atoms with van der Waals surface area (Å²) in [4.78, 5) is 8.95. The molecule has 1 atom stereocenters. The topological polar surface area (TPSA) is 61.0 Å². The van der Waals surface area contributed by atoms with Crippen LogP contribution in [-0.2, 0) is 0 Å². The van der Waals surface area contributed by atoms with E-state index < -0.39 is 0 Å². The molecule has 0 radical (unpaired) electrons. The van der Waals surface area contributed by atoms with Crippen LogP contribution in [0.1, 0.15) is 32.8 Å². The van der Waals surface area contributed by atoms with Crippen molar-refractivity contribution in [2.45, 2.75) is 39.7 Å². The Balaban J connectivity index is 1.87. The monoisotopic (exact) mass is 383 g/mol. The third-order valence-electron chi connectivity index (χ3n) is 4.46. The fourth-order valence-electron chi connectivity index (χ4n) is 3.46. The molecule has 0 amide bonds. The Kier molecular flexibility index (Phi) is 5.68. The molecule has 3 aromatic rings. The second-order valence-electron chi connectivity index (χ2n) is 7.91. The maximum absolute atomic E-state index is 6.34. The maximum Gasteiger partial charge on any atom is 0.216 e. The normalized spacial score (nSPS) is 13.7. The van der Waals surface area contributed by atoms with Gasteiger partial charge in [-0.2, -0.15) is 0 Å². The molecule has 1 aromatic carbocycles. The van der Waals surface area contributed by atoms with Crippen molar-refractivity contribution in [3.05, 3.63) is 53.3 Å². The van der Waals surface area contributed by atoms with Gasteiger partial charge in [-0.3, -0.25) is 4.98 Å². The second kappa shape index (κ2) is 7.83. The molecule has 0 spiro atoms. The van der Waals surface area contributed by atoms with Gasteiger partial charge in [0.25, 0.3) is 0 Å². The maximum atomic E-state index is 6.34. The number of nitrogens with two attached hydrogens (primary N) is 1. The van der Waals surface area contributed by atoms with Crippen LogP contribution in [0.4, 0.5) is 0 Å². The molecule has 0 fully saturated rings. The summed E-state index contributed by atoms with van der Waals surface area (Å²) in [6.45, 7) is 8.78. The number of benzene rings is 1. The predicted molar refractivity (Wildman–Crippen MR) is 112 cm³/mol. The average molecular weight is 384 g/mol. The first kappa shape index (κ1) is 19.6. The summed E-state index contributed by atoms with van der Waals surface area (Å²) in [5.41, 5.74) is 9.90. The van der Waals surface area contributed by atoms with Crippen LogP contribution in [-0.4, -0.2) is 22.1 Å². The van der Waals surface area contributed by atoms with Gasteiger partial charge in [-0.1, -0.05) is 25.4 Å². The van der Waals surface area contributed by atoms with E-state index in [4.69, 9.17) is 22.1 Å². The molecule has 27 heavy (non-hydrogen) atoms. The van der Waals surface area contributed by atoms with Crippen molar-refractivity contribution in [3.63, 3.8) is 0 Å². The molecule has 2 heterocycles. The van der Waals surface area contributed by atoms with Crippen molar-refractivity contribution in [2.24, 2.45) is 11.7 Å². The minimum atomic E-state index is -0.376. The third-order valence-corrected chi connectivity index (χ3v) is 4.69. The van der Waals surface area contributed by atoms with Gasteiger partial charge >= 0.3 is 0 Å². The quantitative estimate of drug-likeness (QED) is 0.618. The number of fused-ring (bicyclic) bond motifs is 1. The number of rotatable bonds is 6. The van der Waals surface area contributed by atoms with Gasteiger partial charge in [-0.15, -0.1) is 0 Å². The van der Waals surface area contributed by atoms with Crippen molar-refractivity contribution in [3.8, 4) is 17.0 Å². The van der Waals surface area contributed by atoms with Gasteiger partial charge in [0.2, 0.25) is 5.88 Å². The minimum absolute atomic E-state index is 0.376. The number of nitrogens with zero attached hydrogens (tertiary/aromatic N) is 2. The molecule has 1 unspecified atom stereocenters. The summed E-state index contributed by atoms with van der Waals surface area (Å²) < 4.78 is 5.93. The molecule has 0 aliphatic rings. The van der Waals surface area contributed by atoms with Crippen molar-refractivity contribution in [2.75, 3.05) is 6.61 Å². The summed E-state index contributed by atoms with van der Waals surface area (Å²) in [5, 5.41) is 1.69. The van der Waals surface area contributed by atoms with Crippen LogP contribution in [0.5, 0.6) is 5.88 Å². The molecule has 0 saturated carbocycles. The number of aromatic nitrogens is 2. The van der Waals surface area contributed by atoms with Crippen LogP contribution in [0.3, 0.4) is 0 Å². The Labute approximate surface area is 165 Å². The van der Waals surface area contributed by atoms with E-state index in [1.165, 1.54) is 0 Å². The van der Waals surface area contributed by atoms with Crippen LogP contribution < -0.4 is 10.5 Å². The molecule has 2 aromatic heterocycles. The van der Waals surface area contributed by atoms with Crippen LogP contribution in [0.2, 0.25) is 5.02 Å². The van der Waals surface area contributed by atoms with Crippen LogP contribution in [0, 0.1) is 12.8 Å². The zero-order chi connectivity index (χ0) is 19.6. The lowest BCUT2D eigenvalue weighted by molar-refractivity contribution is 0.199. The van der Waals surface area contributed by atoms with Gasteiger partial charge in [-0.25, -0.2) is 4.98 Å². The van der Waals surface area contributed by atoms with E-state index >= 15 is 0 Å². The standard InChI is InChI=1S/C22H26ClN3O/c1-14(2)11-22(4,24)13-27-21-15(3)9-16(12-26-21)18-7-8-25-20-6-5-17(23)10-19(18)20/h5-10,12,14H,11,13,24H2,1-4H3. The van der Waals surface area contributed by atoms with E-state index in [1.54, 1.807) is 6.20 Å². The van der Waals surface area contributed by atoms with Crippen molar-refractivity contribution < 1.29 is 4.74 Å². The van der Waals surface area contributed by atoms with Gasteiger partial charge in [0, 0.05) is 39.5 Å². The highest BCUT2D eigenvalue weighted by Gasteiger charge is 2.21. The first-order chi connectivity index (χ1) is 12.7. The molecule has 0 aliphatic carbocycles. The van der Waals surface area contributed by atoms with Gasteiger partial charge in [-0.05, 0) is 62.1 Å². The molecule has 4 nitrogen and oxygen atoms in total. The number of hydrogen-bond acceptors (Lipinski definition) is 4. The van der Waals surface area contributed by atoms with Crippen LogP contribution in [0.25, 0.3) is 22.0 Å². The van der Waals surface area contributed by atoms with Crippen LogP contribution in [0.15, 0.2) is 42.7 Å². The number of ether oxygens (including phenoxy) is 1. The number of aryl methyl sites for hydroxylation is 1.